The lowest BCUT2D eigenvalue weighted by Crippen LogP contribution is -2.37. The predicted octanol–water partition coefficient (Wildman–Crippen LogP) is 5.29. The molecule has 0 aliphatic rings. The number of carbonyl (C=O) groups excluding carboxylic acids is 1. The van der Waals surface area contributed by atoms with Gasteiger partial charge in [-0.1, -0.05) is 47.5 Å². The molecule has 0 heterocycles. The van der Waals surface area contributed by atoms with E-state index in [4.69, 9.17) is 27.9 Å². The van der Waals surface area contributed by atoms with Crippen LogP contribution >= 0.6 is 23.2 Å². The number of rotatable bonds is 4. The topological polar surface area (TPSA) is 58.6 Å². The fraction of sp³-hybridized carbons (Fsp3) is 0.316. The number of benzene rings is 2. The summed E-state index contributed by atoms with van der Waals surface area (Å²) >= 11 is 11.8. The Morgan fingerprint density at radius 1 is 0.960 bits per heavy atom. The number of alkyl carbamates (subject to hydrolysis) is 1. The molecule has 0 bridgehead atoms. The van der Waals surface area contributed by atoms with Crippen LogP contribution in [0.15, 0.2) is 48.5 Å². The Hall–Kier alpha value is -1.75. The number of ether oxygens (including phenoxy) is 1. The van der Waals surface area contributed by atoms with Crippen molar-refractivity contribution in [2.45, 2.75) is 38.5 Å². The number of hydrogen-bond acceptors (Lipinski definition) is 3. The van der Waals surface area contributed by atoms with Crippen LogP contribution < -0.4 is 5.32 Å². The highest BCUT2D eigenvalue weighted by Crippen LogP contribution is 2.30. The normalized spacial score (nSPS) is 13.8. The summed E-state index contributed by atoms with van der Waals surface area (Å²) in [4.78, 5) is 12.2. The van der Waals surface area contributed by atoms with Crippen LogP contribution in [0.1, 0.15) is 44.0 Å². The molecule has 0 unspecified atom stereocenters. The fourth-order valence-electron chi connectivity index (χ4n) is 2.30. The van der Waals surface area contributed by atoms with Crippen LogP contribution in [-0.2, 0) is 4.74 Å². The number of halogens is 2. The lowest BCUT2D eigenvalue weighted by atomic mass is 9.96. The van der Waals surface area contributed by atoms with Crippen LogP contribution in [-0.4, -0.2) is 16.8 Å². The van der Waals surface area contributed by atoms with Gasteiger partial charge in [-0.2, -0.15) is 0 Å². The molecule has 25 heavy (non-hydrogen) atoms. The second-order valence-corrected chi connectivity index (χ2v) is 7.54. The lowest BCUT2D eigenvalue weighted by Gasteiger charge is -2.27. The van der Waals surface area contributed by atoms with E-state index in [1.807, 2.05) is 0 Å². The van der Waals surface area contributed by atoms with Crippen molar-refractivity contribution < 1.29 is 14.6 Å². The largest absolute Gasteiger partial charge is 0.444 e. The molecule has 0 aromatic heterocycles. The summed E-state index contributed by atoms with van der Waals surface area (Å²) in [5.41, 5.74) is 0.693. The Morgan fingerprint density at radius 3 is 1.84 bits per heavy atom. The molecule has 0 fully saturated rings. The van der Waals surface area contributed by atoms with Crippen molar-refractivity contribution in [3.8, 4) is 0 Å². The fourth-order valence-corrected chi connectivity index (χ4v) is 2.55. The SMILES string of the molecule is CC(C)(C)OC(=O)N[C@H](c1ccc(Cl)cc1)[C@@H](O)c1ccc(Cl)cc1. The zero-order chi connectivity index (χ0) is 18.6. The van der Waals surface area contributed by atoms with Crippen molar-refractivity contribution >= 4 is 29.3 Å². The van der Waals surface area contributed by atoms with Crippen molar-refractivity contribution in [1.29, 1.82) is 0 Å². The molecule has 0 aliphatic heterocycles. The van der Waals surface area contributed by atoms with Crippen LogP contribution in [0, 0.1) is 0 Å². The molecule has 2 atom stereocenters. The molecule has 0 saturated heterocycles. The Labute approximate surface area is 157 Å². The van der Waals surface area contributed by atoms with Crippen LogP contribution in [0.3, 0.4) is 0 Å². The molecule has 0 spiro atoms. The highest BCUT2D eigenvalue weighted by atomic mass is 35.5. The minimum atomic E-state index is -0.981. The minimum absolute atomic E-state index is 0.569. The van der Waals surface area contributed by atoms with E-state index in [2.05, 4.69) is 5.32 Å². The summed E-state index contributed by atoms with van der Waals surface area (Å²) in [5, 5.41) is 14.7. The average molecular weight is 382 g/mol. The third-order valence-corrected chi connectivity index (χ3v) is 3.93. The number of aliphatic hydroxyl groups is 1. The van der Waals surface area contributed by atoms with Gasteiger partial charge in [0.1, 0.15) is 11.7 Å². The Morgan fingerprint density at radius 2 is 1.40 bits per heavy atom. The average Bonchev–Trinajstić information content (AvgIpc) is 2.52. The molecule has 0 radical (unpaired) electrons. The van der Waals surface area contributed by atoms with Gasteiger partial charge in [-0.3, -0.25) is 0 Å². The first kappa shape index (κ1) is 19.6. The molecule has 2 aromatic carbocycles. The second-order valence-electron chi connectivity index (χ2n) is 6.67. The quantitative estimate of drug-likeness (QED) is 0.755. The highest BCUT2D eigenvalue weighted by Gasteiger charge is 2.27. The number of aliphatic hydroxyl groups excluding tert-OH is 1. The van der Waals surface area contributed by atoms with Gasteiger partial charge in [0.05, 0.1) is 6.04 Å². The Kier molecular flexibility index (Phi) is 6.33. The molecular formula is C19H21Cl2NO3. The number of nitrogens with one attached hydrogen (secondary N) is 1. The van der Waals surface area contributed by atoms with Crippen molar-refractivity contribution in [2.75, 3.05) is 0 Å². The monoisotopic (exact) mass is 381 g/mol. The molecule has 2 aromatic rings. The highest BCUT2D eigenvalue weighted by molar-refractivity contribution is 6.30. The minimum Gasteiger partial charge on any atom is -0.444 e. The van der Waals surface area contributed by atoms with E-state index in [-0.39, 0.29) is 0 Å². The van der Waals surface area contributed by atoms with Crippen LogP contribution in [0.5, 0.6) is 0 Å². The summed E-state index contributed by atoms with van der Waals surface area (Å²) in [6.45, 7) is 5.33. The molecule has 2 N–H and O–H groups in total. The zero-order valence-corrected chi connectivity index (χ0v) is 15.8. The molecule has 4 nitrogen and oxygen atoms in total. The van der Waals surface area contributed by atoms with Crippen LogP contribution in [0.25, 0.3) is 0 Å². The van der Waals surface area contributed by atoms with Gasteiger partial charge in [-0.05, 0) is 56.2 Å². The standard InChI is InChI=1S/C19H21Cl2NO3/c1-19(2,3)25-18(24)22-16(12-4-8-14(20)9-5-12)17(23)13-6-10-15(21)11-7-13/h4-11,16-17,23H,1-3H3,(H,22,24)/t16-,17+/m1/s1. The molecule has 6 heteroatoms. The van der Waals surface area contributed by atoms with E-state index < -0.39 is 23.8 Å². The van der Waals surface area contributed by atoms with E-state index in [1.54, 1.807) is 69.3 Å². The van der Waals surface area contributed by atoms with E-state index in [1.165, 1.54) is 0 Å². The van der Waals surface area contributed by atoms with E-state index in [9.17, 15) is 9.90 Å². The molecule has 1 amide bonds. The number of amides is 1. The van der Waals surface area contributed by atoms with Crippen molar-refractivity contribution in [3.05, 3.63) is 69.7 Å². The zero-order valence-electron chi connectivity index (χ0n) is 14.3. The molecule has 0 aliphatic carbocycles. The van der Waals surface area contributed by atoms with Crippen LogP contribution in [0.4, 0.5) is 4.79 Å². The summed E-state index contributed by atoms with van der Waals surface area (Å²) < 4.78 is 5.31. The first-order valence-electron chi connectivity index (χ1n) is 7.84. The maximum absolute atomic E-state index is 12.2. The third-order valence-electron chi connectivity index (χ3n) is 3.43. The van der Waals surface area contributed by atoms with Crippen molar-refractivity contribution in [1.82, 2.24) is 5.32 Å². The van der Waals surface area contributed by atoms with Crippen LogP contribution in [0.2, 0.25) is 10.0 Å². The number of hydrogen-bond donors (Lipinski definition) is 2. The second kappa shape index (κ2) is 8.09. The summed E-state index contributed by atoms with van der Waals surface area (Å²) in [6.07, 6.45) is -1.59. The first-order chi connectivity index (χ1) is 11.7. The predicted molar refractivity (Wildman–Crippen MR) is 100.0 cm³/mol. The molecule has 134 valence electrons. The van der Waals surface area contributed by atoms with Crippen molar-refractivity contribution in [3.63, 3.8) is 0 Å². The van der Waals surface area contributed by atoms with Gasteiger partial charge in [-0.15, -0.1) is 0 Å². The summed E-state index contributed by atoms with van der Waals surface area (Å²) in [7, 11) is 0. The first-order valence-corrected chi connectivity index (χ1v) is 8.60. The molecule has 2 rings (SSSR count). The van der Waals surface area contributed by atoms with E-state index >= 15 is 0 Å². The van der Waals surface area contributed by atoms with E-state index in [0.29, 0.717) is 21.2 Å². The Balaban J connectivity index is 2.29. The van der Waals surface area contributed by atoms with Gasteiger partial charge in [0.2, 0.25) is 0 Å². The summed E-state index contributed by atoms with van der Waals surface area (Å²) in [6, 6.07) is 13.0. The van der Waals surface area contributed by atoms with Gasteiger partial charge >= 0.3 is 6.09 Å². The summed E-state index contributed by atoms with van der Waals surface area (Å²) in [5.74, 6) is 0. The smallest absolute Gasteiger partial charge is 0.408 e. The molecule has 0 saturated carbocycles. The maximum Gasteiger partial charge on any atom is 0.408 e. The van der Waals surface area contributed by atoms with Gasteiger partial charge in [0.15, 0.2) is 0 Å². The maximum atomic E-state index is 12.2. The number of carbonyl (C=O) groups is 1. The third kappa shape index (κ3) is 5.92. The van der Waals surface area contributed by atoms with Gasteiger partial charge in [0, 0.05) is 10.0 Å². The molecular weight excluding hydrogens is 361 g/mol. The van der Waals surface area contributed by atoms with Gasteiger partial charge in [0.25, 0.3) is 0 Å². The van der Waals surface area contributed by atoms with E-state index in [0.717, 1.165) is 0 Å². The Bertz CT molecular complexity index is 709. The van der Waals surface area contributed by atoms with Gasteiger partial charge in [-0.25, -0.2) is 4.79 Å². The van der Waals surface area contributed by atoms with Gasteiger partial charge < -0.3 is 15.2 Å². The van der Waals surface area contributed by atoms with Crippen molar-refractivity contribution in [2.24, 2.45) is 0 Å². The lowest BCUT2D eigenvalue weighted by molar-refractivity contribution is 0.0419.